The second kappa shape index (κ2) is 6.02. The molecule has 0 radical (unpaired) electrons. The van der Waals surface area contributed by atoms with E-state index in [1.165, 1.54) is 17.4 Å². The number of hydrogen-bond acceptors (Lipinski definition) is 4. The van der Waals surface area contributed by atoms with Gasteiger partial charge >= 0.3 is 0 Å². The van der Waals surface area contributed by atoms with Crippen LogP contribution in [0.3, 0.4) is 0 Å². The molecule has 0 saturated heterocycles. The average molecular weight is 259 g/mol. The number of para-hydroxylation sites is 2. The first-order valence-corrected chi connectivity index (χ1v) is 6.33. The summed E-state index contributed by atoms with van der Waals surface area (Å²) in [4.78, 5) is 12.4. The predicted octanol–water partition coefficient (Wildman–Crippen LogP) is 3.57. The lowest BCUT2D eigenvalue weighted by Crippen LogP contribution is -1.95. The number of ketones is 1. The van der Waals surface area contributed by atoms with Gasteiger partial charge in [-0.3, -0.25) is 4.79 Å². The second-order valence-electron chi connectivity index (χ2n) is 3.52. The minimum atomic E-state index is -0.00704. The first-order chi connectivity index (χ1) is 8.81. The van der Waals surface area contributed by atoms with Crippen molar-refractivity contribution in [3.63, 3.8) is 0 Å². The Hall–Kier alpha value is -2.07. The van der Waals surface area contributed by atoms with E-state index in [1.807, 2.05) is 35.7 Å². The molecule has 0 atom stereocenters. The molecule has 2 rings (SSSR count). The molecular formula is C14H13NO2S. The van der Waals surface area contributed by atoms with Crippen molar-refractivity contribution in [3.8, 4) is 5.75 Å². The van der Waals surface area contributed by atoms with E-state index in [1.54, 1.807) is 19.4 Å². The van der Waals surface area contributed by atoms with Crippen LogP contribution < -0.4 is 10.1 Å². The summed E-state index contributed by atoms with van der Waals surface area (Å²) in [6.45, 7) is 0. The highest BCUT2D eigenvalue weighted by Crippen LogP contribution is 2.22. The van der Waals surface area contributed by atoms with Gasteiger partial charge in [-0.15, -0.1) is 11.3 Å². The fourth-order valence-electron chi connectivity index (χ4n) is 1.47. The maximum Gasteiger partial charge on any atom is 0.197 e. The zero-order valence-electron chi connectivity index (χ0n) is 9.92. The van der Waals surface area contributed by atoms with Gasteiger partial charge < -0.3 is 10.1 Å². The van der Waals surface area contributed by atoms with Crippen LogP contribution in [0.15, 0.2) is 54.1 Å². The van der Waals surface area contributed by atoms with Gasteiger partial charge in [0, 0.05) is 12.3 Å². The van der Waals surface area contributed by atoms with Crippen LogP contribution in [0.4, 0.5) is 5.69 Å². The van der Waals surface area contributed by atoms with Crippen LogP contribution in [-0.4, -0.2) is 12.9 Å². The summed E-state index contributed by atoms with van der Waals surface area (Å²) in [6.07, 6.45) is 3.14. The molecule has 92 valence electrons. The Labute approximate surface area is 110 Å². The molecule has 0 amide bonds. The fourth-order valence-corrected chi connectivity index (χ4v) is 2.12. The first-order valence-electron chi connectivity index (χ1n) is 5.45. The molecule has 3 nitrogen and oxygen atoms in total. The van der Waals surface area contributed by atoms with E-state index in [0.717, 1.165) is 16.3 Å². The molecule has 0 saturated carbocycles. The molecule has 0 fully saturated rings. The zero-order valence-corrected chi connectivity index (χ0v) is 10.7. The van der Waals surface area contributed by atoms with Crippen molar-refractivity contribution in [1.29, 1.82) is 0 Å². The Kier molecular flexibility index (Phi) is 4.15. The van der Waals surface area contributed by atoms with Crippen LogP contribution in [0, 0.1) is 0 Å². The Morgan fingerprint density at radius 3 is 2.83 bits per heavy atom. The number of methoxy groups -OCH3 is 1. The molecule has 0 aliphatic carbocycles. The van der Waals surface area contributed by atoms with Crippen LogP contribution in [0.2, 0.25) is 0 Å². The van der Waals surface area contributed by atoms with Crippen molar-refractivity contribution >= 4 is 22.8 Å². The Balaban J connectivity index is 2.01. The first kappa shape index (κ1) is 12.4. The number of anilines is 1. The normalized spacial score (nSPS) is 10.5. The summed E-state index contributed by atoms with van der Waals surface area (Å²) >= 11 is 1.43. The summed E-state index contributed by atoms with van der Waals surface area (Å²) < 4.78 is 5.20. The van der Waals surface area contributed by atoms with E-state index < -0.39 is 0 Å². The van der Waals surface area contributed by atoms with Crippen LogP contribution in [0.25, 0.3) is 0 Å². The van der Waals surface area contributed by atoms with Gasteiger partial charge in [-0.05, 0) is 23.6 Å². The second-order valence-corrected chi connectivity index (χ2v) is 4.47. The Bertz CT molecular complexity index is 547. The SMILES string of the molecule is COc1ccccc1N/C=C/C(=O)c1cccs1. The monoisotopic (exact) mass is 259 g/mol. The fraction of sp³-hybridized carbons (Fsp3) is 0.0714. The average Bonchev–Trinajstić information content (AvgIpc) is 2.93. The van der Waals surface area contributed by atoms with Crippen molar-refractivity contribution in [2.75, 3.05) is 12.4 Å². The van der Waals surface area contributed by atoms with E-state index in [2.05, 4.69) is 5.32 Å². The van der Waals surface area contributed by atoms with E-state index in [4.69, 9.17) is 4.74 Å². The van der Waals surface area contributed by atoms with Crippen molar-refractivity contribution in [2.24, 2.45) is 0 Å². The molecular weight excluding hydrogens is 246 g/mol. The number of nitrogens with one attached hydrogen (secondary N) is 1. The van der Waals surface area contributed by atoms with Crippen LogP contribution in [0.5, 0.6) is 5.75 Å². The Morgan fingerprint density at radius 1 is 1.28 bits per heavy atom. The summed E-state index contributed by atoms with van der Waals surface area (Å²) in [6, 6.07) is 11.2. The molecule has 0 aliphatic heterocycles. The minimum absolute atomic E-state index is 0.00704. The molecule has 0 unspecified atom stereocenters. The summed E-state index contributed by atoms with van der Waals surface area (Å²) in [5.41, 5.74) is 0.829. The lowest BCUT2D eigenvalue weighted by Gasteiger charge is -2.06. The molecule has 1 N–H and O–H groups in total. The maximum absolute atomic E-state index is 11.7. The maximum atomic E-state index is 11.7. The molecule has 1 aromatic heterocycles. The van der Waals surface area contributed by atoms with Crippen LogP contribution >= 0.6 is 11.3 Å². The summed E-state index contributed by atoms with van der Waals surface area (Å²) in [5.74, 6) is 0.734. The van der Waals surface area contributed by atoms with Gasteiger partial charge in [-0.1, -0.05) is 18.2 Å². The Morgan fingerprint density at radius 2 is 2.11 bits per heavy atom. The van der Waals surface area contributed by atoms with Gasteiger partial charge in [-0.2, -0.15) is 0 Å². The van der Waals surface area contributed by atoms with Crippen LogP contribution in [-0.2, 0) is 0 Å². The van der Waals surface area contributed by atoms with Gasteiger partial charge in [0.15, 0.2) is 5.78 Å². The number of ether oxygens (including phenoxy) is 1. The van der Waals surface area contributed by atoms with Gasteiger partial charge in [-0.25, -0.2) is 0 Å². The van der Waals surface area contributed by atoms with Crippen molar-refractivity contribution < 1.29 is 9.53 Å². The van der Waals surface area contributed by atoms with E-state index in [-0.39, 0.29) is 5.78 Å². The summed E-state index contributed by atoms with van der Waals surface area (Å²) in [5, 5.41) is 4.92. The molecule has 0 bridgehead atoms. The topological polar surface area (TPSA) is 38.3 Å². The van der Waals surface area contributed by atoms with Crippen molar-refractivity contribution in [2.45, 2.75) is 0 Å². The third kappa shape index (κ3) is 2.99. The van der Waals surface area contributed by atoms with Crippen LogP contribution in [0.1, 0.15) is 9.67 Å². The number of hydrogen-bond donors (Lipinski definition) is 1. The molecule has 2 aromatic rings. The van der Waals surface area contributed by atoms with Gasteiger partial charge in [0.25, 0.3) is 0 Å². The third-order valence-electron chi connectivity index (χ3n) is 2.34. The standard InChI is InChI=1S/C14H13NO2S/c1-17-13-6-3-2-5-11(13)15-9-8-12(16)14-7-4-10-18-14/h2-10,15H,1H3/b9-8+. The number of benzene rings is 1. The molecule has 0 spiro atoms. The lowest BCUT2D eigenvalue weighted by molar-refractivity contribution is 0.105. The lowest BCUT2D eigenvalue weighted by atomic mass is 10.3. The van der Waals surface area contributed by atoms with E-state index in [0.29, 0.717) is 0 Å². The molecule has 1 heterocycles. The van der Waals surface area contributed by atoms with Crippen molar-refractivity contribution in [1.82, 2.24) is 0 Å². The number of allylic oxidation sites excluding steroid dienone is 1. The highest BCUT2D eigenvalue weighted by molar-refractivity contribution is 7.12. The molecule has 4 heteroatoms. The number of rotatable bonds is 5. The largest absolute Gasteiger partial charge is 0.495 e. The minimum Gasteiger partial charge on any atom is -0.495 e. The highest BCUT2D eigenvalue weighted by Gasteiger charge is 2.02. The quantitative estimate of drug-likeness (QED) is 0.659. The van der Waals surface area contributed by atoms with Crippen molar-refractivity contribution in [3.05, 3.63) is 58.9 Å². The van der Waals surface area contributed by atoms with E-state index >= 15 is 0 Å². The smallest absolute Gasteiger partial charge is 0.197 e. The highest BCUT2D eigenvalue weighted by atomic mass is 32.1. The van der Waals surface area contributed by atoms with Gasteiger partial charge in [0.1, 0.15) is 5.75 Å². The number of carbonyl (C=O) groups is 1. The molecule has 0 aliphatic rings. The molecule has 18 heavy (non-hydrogen) atoms. The molecule has 1 aromatic carbocycles. The predicted molar refractivity (Wildman–Crippen MR) is 74.4 cm³/mol. The zero-order chi connectivity index (χ0) is 12.8. The van der Waals surface area contributed by atoms with Gasteiger partial charge in [0.2, 0.25) is 0 Å². The third-order valence-corrected chi connectivity index (χ3v) is 3.23. The summed E-state index contributed by atoms with van der Waals surface area (Å²) in [7, 11) is 1.61. The number of carbonyl (C=O) groups excluding carboxylic acids is 1. The number of thiophene rings is 1. The van der Waals surface area contributed by atoms with E-state index in [9.17, 15) is 4.79 Å². The van der Waals surface area contributed by atoms with Gasteiger partial charge in [0.05, 0.1) is 17.7 Å².